The highest BCUT2D eigenvalue weighted by Crippen LogP contribution is 2.53. The number of hydrogen-bond donors (Lipinski definition) is 2. The van der Waals surface area contributed by atoms with Crippen molar-refractivity contribution in [2.75, 3.05) is 18.5 Å². The number of aliphatic hydroxyl groups excluding tert-OH is 1. The first-order valence-corrected chi connectivity index (χ1v) is 10.7. The van der Waals surface area contributed by atoms with Crippen LogP contribution in [0, 0.1) is 0 Å². The number of hydrogen-bond acceptors (Lipinski definition) is 9. The van der Waals surface area contributed by atoms with Gasteiger partial charge in [0, 0.05) is 26.1 Å². The Balaban J connectivity index is 1.98. The molecule has 1 atom stereocenters. The monoisotopic (exact) mass is 428 g/mol. The predicted octanol–water partition coefficient (Wildman–Crippen LogP) is 0.816. The van der Waals surface area contributed by atoms with Crippen LogP contribution in [0.3, 0.4) is 0 Å². The van der Waals surface area contributed by atoms with E-state index in [0.29, 0.717) is 5.69 Å². The van der Waals surface area contributed by atoms with Crippen molar-refractivity contribution < 1.29 is 23.5 Å². The molecule has 0 aromatic carbocycles. The van der Waals surface area contributed by atoms with Gasteiger partial charge in [0.2, 0.25) is 5.91 Å². The Morgan fingerprint density at radius 3 is 2.62 bits per heavy atom. The number of carbonyl (C=O) groups excluding carboxylic acids is 1. The Morgan fingerprint density at radius 1 is 1.34 bits per heavy atom. The summed E-state index contributed by atoms with van der Waals surface area (Å²) in [6.45, 7) is 5.34. The normalized spacial score (nSPS) is 12.7. The number of amides is 1. The maximum atomic E-state index is 12.5. The highest BCUT2D eigenvalue weighted by atomic mass is 31.2. The fourth-order valence-corrected chi connectivity index (χ4v) is 4.04. The summed E-state index contributed by atoms with van der Waals surface area (Å²) in [6.07, 6.45) is 3.18. The minimum Gasteiger partial charge on any atom is -0.380 e. The number of aromatic nitrogens is 5. The number of carbonyl (C=O) groups is 1. The molecule has 29 heavy (non-hydrogen) atoms. The molecule has 13 heteroatoms. The zero-order valence-electron chi connectivity index (χ0n) is 16.5. The van der Waals surface area contributed by atoms with Crippen LogP contribution in [0.2, 0.25) is 0 Å². The first-order valence-electron chi connectivity index (χ1n) is 9.08. The molecule has 0 bridgehead atoms. The molecule has 2 aromatic heterocycles. The zero-order valence-corrected chi connectivity index (χ0v) is 17.4. The van der Waals surface area contributed by atoms with Crippen LogP contribution < -0.4 is 11.0 Å². The third-order valence-electron chi connectivity index (χ3n) is 3.70. The molecular formula is C16H25N6O6P. The number of aliphatic hydroxyl groups is 1. The summed E-state index contributed by atoms with van der Waals surface area (Å²) in [6, 6.07) is 1.50. The van der Waals surface area contributed by atoms with E-state index in [9.17, 15) is 19.3 Å². The minimum atomic E-state index is -3.61. The summed E-state index contributed by atoms with van der Waals surface area (Å²) in [4.78, 5) is 26.8. The average Bonchev–Trinajstić information content (AvgIpc) is 3.09. The van der Waals surface area contributed by atoms with E-state index in [1.807, 2.05) is 0 Å². The SMILES string of the molecule is CCOP(=O)(OCC)C(O)CCn1cc(Cn2ccc(NC(C)=O)nc2=O)nn1. The van der Waals surface area contributed by atoms with Crippen LogP contribution >= 0.6 is 7.60 Å². The van der Waals surface area contributed by atoms with E-state index in [-0.39, 0.29) is 44.4 Å². The smallest absolute Gasteiger partial charge is 0.358 e. The first-order chi connectivity index (χ1) is 13.8. The Bertz CT molecular complexity index is 919. The third kappa shape index (κ3) is 6.57. The second kappa shape index (κ2) is 10.4. The Morgan fingerprint density at radius 2 is 2.03 bits per heavy atom. The van der Waals surface area contributed by atoms with E-state index in [2.05, 4.69) is 20.6 Å². The summed E-state index contributed by atoms with van der Waals surface area (Å²) in [5.41, 5.74) is -0.0518. The summed E-state index contributed by atoms with van der Waals surface area (Å²) in [5.74, 6) is -1.44. The van der Waals surface area contributed by atoms with E-state index in [0.717, 1.165) is 0 Å². The minimum absolute atomic E-state index is 0.0903. The van der Waals surface area contributed by atoms with Gasteiger partial charge in [-0.3, -0.25) is 18.6 Å². The molecule has 2 N–H and O–H groups in total. The van der Waals surface area contributed by atoms with Gasteiger partial charge >= 0.3 is 13.3 Å². The predicted molar refractivity (Wildman–Crippen MR) is 103 cm³/mol. The van der Waals surface area contributed by atoms with Crippen LogP contribution in [0.15, 0.2) is 23.3 Å². The molecule has 2 aromatic rings. The molecule has 0 aliphatic heterocycles. The molecule has 2 rings (SSSR count). The van der Waals surface area contributed by atoms with Gasteiger partial charge in [-0.25, -0.2) is 4.79 Å². The fourth-order valence-electron chi connectivity index (χ4n) is 2.47. The van der Waals surface area contributed by atoms with Crippen molar-refractivity contribution in [1.82, 2.24) is 24.5 Å². The van der Waals surface area contributed by atoms with Crippen LogP contribution in [0.4, 0.5) is 5.82 Å². The van der Waals surface area contributed by atoms with Crippen LogP contribution in [-0.4, -0.2) is 54.6 Å². The second-order valence-electron chi connectivity index (χ2n) is 6.02. The molecule has 160 valence electrons. The van der Waals surface area contributed by atoms with Crippen molar-refractivity contribution in [3.05, 3.63) is 34.6 Å². The molecule has 1 unspecified atom stereocenters. The highest BCUT2D eigenvalue weighted by Gasteiger charge is 2.33. The Hall–Kier alpha value is -2.40. The van der Waals surface area contributed by atoms with E-state index >= 15 is 0 Å². The van der Waals surface area contributed by atoms with Crippen molar-refractivity contribution in [3.63, 3.8) is 0 Å². The summed E-state index contributed by atoms with van der Waals surface area (Å²) < 4.78 is 25.5. The Kier molecular flexibility index (Phi) is 8.21. The lowest BCUT2D eigenvalue weighted by Crippen LogP contribution is -2.24. The first kappa shape index (κ1) is 22.9. The highest BCUT2D eigenvalue weighted by molar-refractivity contribution is 7.54. The number of anilines is 1. The summed E-state index contributed by atoms with van der Waals surface area (Å²) >= 11 is 0. The molecule has 0 aliphatic rings. The van der Waals surface area contributed by atoms with Gasteiger partial charge in [0.1, 0.15) is 11.5 Å². The molecule has 12 nitrogen and oxygen atoms in total. The standard InChI is InChI=1S/C16H25N6O6P/c1-4-27-29(26,28-5-2)15(24)7-9-22-11-13(19-20-22)10-21-8-6-14(17-12(3)23)18-16(21)25/h6,8,11,15,24H,4-5,7,9-10H2,1-3H3,(H,17,18,23,25). The summed E-state index contributed by atoms with van der Waals surface area (Å²) in [5, 5.41) is 20.6. The van der Waals surface area contributed by atoms with Crippen molar-refractivity contribution in [1.29, 1.82) is 0 Å². The summed E-state index contributed by atoms with van der Waals surface area (Å²) in [7, 11) is -3.61. The maximum absolute atomic E-state index is 12.5. The van der Waals surface area contributed by atoms with E-state index < -0.39 is 19.1 Å². The van der Waals surface area contributed by atoms with Gasteiger partial charge in [-0.2, -0.15) is 4.98 Å². The van der Waals surface area contributed by atoms with Crippen LogP contribution in [0.5, 0.6) is 0 Å². The second-order valence-corrected chi connectivity index (χ2v) is 8.21. The van der Waals surface area contributed by atoms with Gasteiger partial charge < -0.3 is 19.5 Å². The number of aryl methyl sites for hydroxylation is 1. The molecule has 0 saturated carbocycles. The van der Waals surface area contributed by atoms with Crippen LogP contribution in [-0.2, 0) is 31.5 Å². The lowest BCUT2D eigenvalue weighted by molar-refractivity contribution is -0.114. The molecule has 0 saturated heterocycles. The molecule has 0 radical (unpaired) electrons. The van der Waals surface area contributed by atoms with E-state index in [4.69, 9.17) is 9.05 Å². The Labute approximate surface area is 167 Å². The fraction of sp³-hybridized carbons (Fsp3) is 0.562. The average molecular weight is 428 g/mol. The van der Waals surface area contributed by atoms with Gasteiger partial charge in [0.15, 0.2) is 5.85 Å². The van der Waals surface area contributed by atoms with E-state index in [1.54, 1.807) is 20.0 Å². The number of nitrogens with one attached hydrogen (secondary N) is 1. The molecule has 0 spiro atoms. The van der Waals surface area contributed by atoms with Gasteiger partial charge in [-0.15, -0.1) is 5.10 Å². The molecule has 0 fully saturated rings. The lowest BCUT2D eigenvalue weighted by atomic mass is 10.4. The van der Waals surface area contributed by atoms with Crippen LogP contribution in [0.1, 0.15) is 32.9 Å². The van der Waals surface area contributed by atoms with Crippen molar-refractivity contribution >= 4 is 19.3 Å². The van der Waals surface area contributed by atoms with Gasteiger partial charge in [-0.05, 0) is 19.9 Å². The van der Waals surface area contributed by atoms with Gasteiger partial charge in [0.05, 0.1) is 26.0 Å². The van der Waals surface area contributed by atoms with Crippen LogP contribution in [0.25, 0.3) is 0 Å². The lowest BCUT2D eigenvalue weighted by Gasteiger charge is -2.22. The molecule has 1 amide bonds. The molecule has 2 heterocycles. The van der Waals surface area contributed by atoms with Crippen molar-refractivity contribution in [2.24, 2.45) is 0 Å². The van der Waals surface area contributed by atoms with Crippen molar-refractivity contribution in [2.45, 2.75) is 46.1 Å². The number of rotatable bonds is 11. The molecular weight excluding hydrogens is 403 g/mol. The van der Waals surface area contributed by atoms with Gasteiger partial charge in [0.25, 0.3) is 0 Å². The quantitative estimate of drug-likeness (QED) is 0.496. The van der Waals surface area contributed by atoms with Gasteiger partial charge in [-0.1, -0.05) is 5.21 Å². The van der Waals surface area contributed by atoms with Crippen molar-refractivity contribution in [3.8, 4) is 0 Å². The third-order valence-corrected chi connectivity index (χ3v) is 5.92. The molecule has 0 aliphatic carbocycles. The maximum Gasteiger partial charge on any atom is 0.358 e. The topological polar surface area (TPSA) is 150 Å². The zero-order chi connectivity index (χ0) is 21.4. The van der Waals surface area contributed by atoms with E-state index in [1.165, 1.54) is 28.4 Å². The largest absolute Gasteiger partial charge is 0.380 e. The number of nitrogens with zero attached hydrogens (tertiary/aromatic N) is 5.